The molecule has 1 amide bonds. The van der Waals surface area contributed by atoms with Crippen LogP contribution in [0.4, 0.5) is 5.69 Å². The van der Waals surface area contributed by atoms with Crippen molar-refractivity contribution >= 4 is 34.7 Å². The molecular weight excluding hydrogens is 264 g/mol. The molecule has 7 heteroatoms. The van der Waals surface area contributed by atoms with Crippen LogP contribution in [-0.4, -0.2) is 16.8 Å². The van der Waals surface area contributed by atoms with Crippen LogP contribution >= 0.6 is 12.2 Å². The van der Waals surface area contributed by atoms with Gasteiger partial charge in [-0.15, -0.1) is 0 Å². The fraction of sp³-hybridized carbons (Fsp3) is 0.167. The summed E-state index contributed by atoms with van der Waals surface area (Å²) in [6, 6.07) is 8.44. The van der Waals surface area contributed by atoms with Gasteiger partial charge in [0, 0.05) is 11.3 Å². The van der Waals surface area contributed by atoms with Crippen molar-refractivity contribution in [3.05, 3.63) is 29.8 Å². The van der Waals surface area contributed by atoms with Crippen LogP contribution in [0.25, 0.3) is 0 Å². The molecule has 98 valence electrons. The summed E-state index contributed by atoms with van der Waals surface area (Å²) in [5.74, 6) is -0.491. The van der Waals surface area contributed by atoms with Gasteiger partial charge in [-0.3, -0.25) is 20.4 Å². The maximum atomic E-state index is 11.1. The van der Waals surface area contributed by atoms with Crippen LogP contribution in [0.1, 0.15) is 23.7 Å². The number of rotatable bonds is 3. The molecule has 0 aliphatic rings. The van der Waals surface area contributed by atoms with E-state index in [0.29, 0.717) is 11.3 Å². The van der Waals surface area contributed by atoms with Gasteiger partial charge >= 0.3 is 0 Å². The molecule has 0 aliphatic heterocycles. The van der Waals surface area contributed by atoms with Crippen LogP contribution in [0.3, 0.4) is 0 Å². The van der Waals surface area contributed by atoms with Gasteiger partial charge in [0.2, 0.25) is 0 Å². The first-order valence-electron chi connectivity index (χ1n) is 5.36. The third kappa shape index (κ3) is 5.14. The summed E-state index contributed by atoms with van der Waals surface area (Å²) in [5, 5.41) is 11.3. The molecule has 1 aromatic rings. The lowest BCUT2D eigenvalue weighted by atomic mass is 10.1. The fourth-order valence-corrected chi connectivity index (χ4v) is 1.36. The number of hydrazine groups is 1. The zero-order chi connectivity index (χ0) is 14.3. The van der Waals surface area contributed by atoms with Crippen LogP contribution in [0.2, 0.25) is 0 Å². The Morgan fingerprint density at radius 1 is 1.26 bits per heavy atom. The van der Waals surface area contributed by atoms with E-state index in [2.05, 4.69) is 16.2 Å². The average molecular weight is 276 g/mol. The van der Waals surface area contributed by atoms with E-state index in [1.807, 2.05) is 0 Å². The van der Waals surface area contributed by atoms with E-state index in [-0.39, 0.29) is 17.3 Å². The monoisotopic (exact) mass is 276 g/mol. The maximum Gasteiger partial charge on any atom is 0.252 e. The van der Waals surface area contributed by atoms with E-state index in [1.54, 1.807) is 30.3 Å². The van der Waals surface area contributed by atoms with Crippen molar-refractivity contribution in [3.63, 3.8) is 0 Å². The van der Waals surface area contributed by atoms with E-state index in [4.69, 9.17) is 17.5 Å². The van der Waals surface area contributed by atoms with Crippen molar-refractivity contribution in [1.29, 1.82) is 5.26 Å². The van der Waals surface area contributed by atoms with Gasteiger partial charge in [0.15, 0.2) is 10.9 Å². The summed E-state index contributed by atoms with van der Waals surface area (Å²) >= 11 is 4.94. The Bertz CT molecular complexity index is 534. The van der Waals surface area contributed by atoms with Gasteiger partial charge < -0.3 is 5.32 Å². The number of thiocarbonyl (C=S) groups is 1. The SMILES string of the molecule is CC(=O)c1ccc(NC(=S)NNC(=O)CC#N)cc1. The highest BCUT2D eigenvalue weighted by Crippen LogP contribution is 2.09. The lowest BCUT2D eigenvalue weighted by Crippen LogP contribution is -2.43. The van der Waals surface area contributed by atoms with Gasteiger partial charge in [0.25, 0.3) is 5.91 Å². The Hall–Kier alpha value is -2.46. The highest BCUT2D eigenvalue weighted by atomic mass is 32.1. The molecule has 1 aromatic carbocycles. The Balaban J connectivity index is 2.46. The number of nitrogens with zero attached hydrogens (tertiary/aromatic N) is 1. The minimum Gasteiger partial charge on any atom is -0.331 e. The van der Waals surface area contributed by atoms with Crippen molar-refractivity contribution in [1.82, 2.24) is 10.9 Å². The lowest BCUT2D eigenvalue weighted by molar-refractivity contribution is -0.120. The normalized spacial score (nSPS) is 9.05. The molecule has 0 radical (unpaired) electrons. The third-order valence-corrected chi connectivity index (χ3v) is 2.31. The molecule has 0 aromatic heterocycles. The number of nitrogens with one attached hydrogen (secondary N) is 3. The van der Waals surface area contributed by atoms with Crippen molar-refractivity contribution in [2.75, 3.05) is 5.32 Å². The van der Waals surface area contributed by atoms with Gasteiger partial charge in [-0.25, -0.2) is 0 Å². The summed E-state index contributed by atoms with van der Waals surface area (Å²) in [7, 11) is 0. The van der Waals surface area contributed by atoms with E-state index in [1.165, 1.54) is 6.92 Å². The van der Waals surface area contributed by atoms with E-state index < -0.39 is 5.91 Å². The topological polar surface area (TPSA) is 94.0 Å². The van der Waals surface area contributed by atoms with Gasteiger partial charge in [-0.05, 0) is 43.4 Å². The fourth-order valence-electron chi connectivity index (χ4n) is 1.19. The van der Waals surface area contributed by atoms with Crippen LogP contribution in [0.15, 0.2) is 24.3 Å². The number of Topliss-reactive ketones (excluding diaryl/α,β-unsaturated/α-hetero) is 1. The average Bonchev–Trinajstić information content (AvgIpc) is 2.37. The first-order chi connectivity index (χ1) is 9.02. The number of benzene rings is 1. The number of ketones is 1. The molecule has 1 rings (SSSR count). The number of hydrogen-bond donors (Lipinski definition) is 3. The number of carbonyl (C=O) groups is 2. The largest absolute Gasteiger partial charge is 0.331 e. The molecule has 0 spiro atoms. The predicted molar refractivity (Wildman–Crippen MR) is 74.2 cm³/mol. The first kappa shape index (κ1) is 14.6. The third-order valence-electron chi connectivity index (χ3n) is 2.10. The number of anilines is 1. The van der Waals surface area contributed by atoms with Crippen molar-refractivity contribution < 1.29 is 9.59 Å². The standard InChI is InChI=1S/C12H12N4O2S/c1-8(17)9-2-4-10(5-3-9)14-12(19)16-15-11(18)6-7-13/h2-5H,6H2,1H3,(H,15,18)(H2,14,16,19). The van der Waals surface area contributed by atoms with Gasteiger partial charge in [0.05, 0.1) is 6.07 Å². The van der Waals surface area contributed by atoms with Gasteiger partial charge in [0.1, 0.15) is 6.42 Å². The summed E-state index contributed by atoms with van der Waals surface area (Å²) in [6.45, 7) is 1.49. The zero-order valence-corrected chi connectivity index (χ0v) is 11.0. The number of hydrogen-bond acceptors (Lipinski definition) is 4. The summed E-state index contributed by atoms with van der Waals surface area (Å²) < 4.78 is 0. The maximum absolute atomic E-state index is 11.1. The molecular formula is C12H12N4O2S. The Kier molecular flexibility index (Phi) is 5.44. The van der Waals surface area contributed by atoms with Crippen LogP contribution in [0.5, 0.6) is 0 Å². The molecule has 0 atom stereocenters. The minimum atomic E-state index is -0.474. The molecule has 0 aliphatic carbocycles. The highest BCUT2D eigenvalue weighted by molar-refractivity contribution is 7.80. The number of carbonyl (C=O) groups excluding carboxylic acids is 2. The van der Waals surface area contributed by atoms with Crippen molar-refractivity contribution in [2.24, 2.45) is 0 Å². The molecule has 19 heavy (non-hydrogen) atoms. The highest BCUT2D eigenvalue weighted by Gasteiger charge is 2.02. The molecule has 0 unspecified atom stereocenters. The summed E-state index contributed by atoms with van der Waals surface area (Å²) in [4.78, 5) is 22.1. The van der Waals surface area contributed by atoms with Crippen LogP contribution in [-0.2, 0) is 4.79 Å². The molecule has 6 nitrogen and oxygen atoms in total. The first-order valence-corrected chi connectivity index (χ1v) is 5.77. The lowest BCUT2D eigenvalue weighted by Gasteiger charge is -2.10. The van der Waals surface area contributed by atoms with Crippen LogP contribution in [0, 0.1) is 11.3 Å². The Morgan fingerprint density at radius 3 is 2.42 bits per heavy atom. The molecule has 0 saturated heterocycles. The number of amides is 1. The molecule has 0 heterocycles. The molecule has 3 N–H and O–H groups in total. The van der Waals surface area contributed by atoms with Crippen molar-refractivity contribution in [3.8, 4) is 6.07 Å². The second-order valence-corrected chi connectivity index (χ2v) is 4.00. The van der Waals surface area contributed by atoms with Gasteiger partial charge in [-0.2, -0.15) is 5.26 Å². The zero-order valence-electron chi connectivity index (χ0n) is 10.2. The van der Waals surface area contributed by atoms with E-state index in [9.17, 15) is 9.59 Å². The predicted octanol–water partition coefficient (Wildman–Crippen LogP) is 1.12. The van der Waals surface area contributed by atoms with Crippen molar-refractivity contribution in [2.45, 2.75) is 13.3 Å². The summed E-state index contributed by atoms with van der Waals surface area (Å²) in [5.41, 5.74) is 6.00. The molecule has 0 saturated carbocycles. The minimum absolute atomic E-state index is 0.0176. The molecule has 0 bridgehead atoms. The molecule has 0 fully saturated rings. The second-order valence-electron chi connectivity index (χ2n) is 3.60. The second kappa shape index (κ2) is 7.08. The number of nitriles is 1. The van der Waals surface area contributed by atoms with E-state index >= 15 is 0 Å². The van der Waals surface area contributed by atoms with Gasteiger partial charge in [-0.1, -0.05) is 0 Å². The smallest absolute Gasteiger partial charge is 0.252 e. The summed E-state index contributed by atoms with van der Waals surface area (Å²) in [6.07, 6.45) is -0.247. The Labute approximate surface area is 115 Å². The van der Waals surface area contributed by atoms with E-state index in [0.717, 1.165) is 0 Å². The quantitative estimate of drug-likeness (QED) is 0.435. The Morgan fingerprint density at radius 2 is 1.89 bits per heavy atom. The van der Waals surface area contributed by atoms with Crippen LogP contribution < -0.4 is 16.2 Å².